The molecule has 1 unspecified atom stereocenters. The minimum atomic E-state index is -0.802. The van der Waals surface area contributed by atoms with E-state index in [1.54, 1.807) is 7.11 Å². The van der Waals surface area contributed by atoms with Gasteiger partial charge in [-0.3, -0.25) is 9.69 Å². The number of benzene rings is 1. The molecule has 0 aromatic heterocycles. The van der Waals surface area contributed by atoms with Crippen molar-refractivity contribution in [1.29, 1.82) is 0 Å². The number of hydrogen-bond acceptors (Lipinski definition) is 3. The molecule has 0 aliphatic carbocycles. The van der Waals surface area contributed by atoms with Crippen LogP contribution in [0.1, 0.15) is 32.4 Å². The van der Waals surface area contributed by atoms with E-state index in [0.29, 0.717) is 0 Å². The maximum absolute atomic E-state index is 10.9. The van der Waals surface area contributed by atoms with Crippen LogP contribution >= 0.6 is 0 Å². The van der Waals surface area contributed by atoms with Crippen molar-refractivity contribution >= 4 is 5.97 Å². The van der Waals surface area contributed by atoms with Gasteiger partial charge in [0.2, 0.25) is 0 Å². The number of carboxylic acid groups (broad SMARTS) is 1. The molecule has 1 rings (SSSR count). The van der Waals surface area contributed by atoms with E-state index in [0.717, 1.165) is 11.3 Å². The highest BCUT2D eigenvalue weighted by atomic mass is 16.5. The van der Waals surface area contributed by atoms with Crippen molar-refractivity contribution in [2.75, 3.05) is 13.7 Å². The molecule has 4 nitrogen and oxygen atoms in total. The molecule has 18 heavy (non-hydrogen) atoms. The minimum Gasteiger partial charge on any atom is -0.497 e. The largest absolute Gasteiger partial charge is 0.497 e. The van der Waals surface area contributed by atoms with Gasteiger partial charge < -0.3 is 9.84 Å². The highest BCUT2D eigenvalue weighted by molar-refractivity contribution is 5.69. The van der Waals surface area contributed by atoms with Gasteiger partial charge in [0, 0.05) is 12.1 Å². The Bertz CT molecular complexity index is 387. The van der Waals surface area contributed by atoms with Crippen molar-refractivity contribution in [2.45, 2.75) is 32.9 Å². The maximum atomic E-state index is 10.9. The number of rotatable bonds is 6. The van der Waals surface area contributed by atoms with Crippen molar-refractivity contribution in [3.05, 3.63) is 29.8 Å². The summed E-state index contributed by atoms with van der Waals surface area (Å²) in [5.41, 5.74) is 1.09. The van der Waals surface area contributed by atoms with E-state index in [1.807, 2.05) is 49.9 Å². The second-order valence-electron chi connectivity index (χ2n) is 4.61. The van der Waals surface area contributed by atoms with E-state index < -0.39 is 5.97 Å². The van der Waals surface area contributed by atoms with Crippen LogP contribution in [-0.4, -0.2) is 35.7 Å². The molecule has 0 heterocycles. The fourth-order valence-electron chi connectivity index (χ4n) is 2.00. The smallest absolute Gasteiger partial charge is 0.317 e. The van der Waals surface area contributed by atoms with Crippen LogP contribution < -0.4 is 4.74 Å². The van der Waals surface area contributed by atoms with E-state index in [-0.39, 0.29) is 18.6 Å². The third-order valence-electron chi connectivity index (χ3n) is 3.08. The second-order valence-corrected chi connectivity index (χ2v) is 4.61. The molecule has 1 N–H and O–H groups in total. The maximum Gasteiger partial charge on any atom is 0.317 e. The summed E-state index contributed by atoms with van der Waals surface area (Å²) in [5, 5.41) is 8.95. The lowest BCUT2D eigenvalue weighted by atomic mass is 10.1. The summed E-state index contributed by atoms with van der Waals surface area (Å²) in [6, 6.07) is 7.97. The lowest BCUT2D eigenvalue weighted by molar-refractivity contribution is -0.139. The van der Waals surface area contributed by atoms with E-state index in [4.69, 9.17) is 9.84 Å². The monoisotopic (exact) mass is 251 g/mol. The normalized spacial score (nSPS) is 12.8. The topological polar surface area (TPSA) is 49.8 Å². The summed E-state index contributed by atoms with van der Waals surface area (Å²) in [6.45, 7) is 6.07. The number of ether oxygens (including phenoxy) is 1. The average Bonchev–Trinajstić information content (AvgIpc) is 2.34. The molecular formula is C14H21NO3. The summed E-state index contributed by atoms with van der Waals surface area (Å²) < 4.78 is 5.11. The van der Waals surface area contributed by atoms with Gasteiger partial charge in [-0.15, -0.1) is 0 Å². The van der Waals surface area contributed by atoms with Crippen molar-refractivity contribution in [1.82, 2.24) is 4.90 Å². The van der Waals surface area contributed by atoms with Gasteiger partial charge in [0.1, 0.15) is 5.75 Å². The molecule has 0 radical (unpaired) electrons. The minimum absolute atomic E-state index is 0.0465. The Balaban J connectivity index is 2.86. The number of methoxy groups -OCH3 is 1. The Kier molecular flexibility index (Phi) is 5.16. The Morgan fingerprint density at radius 1 is 1.28 bits per heavy atom. The predicted molar refractivity (Wildman–Crippen MR) is 70.9 cm³/mol. The van der Waals surface area contributed by atoms with Crippen molar-refractivity contribution < 1.29 is 14.6 Å². The van der Waals surface area contributed by atoms with E-state index >= 15 is 0 Å². The number of carbonyl (C=O) groups is 1. The summed E-state index contributed by atoms with van der Waals surface area (Å²) in [4.78, 5) is 12.8. The first-order chi connectivity index (χ1) is 8.45. The van der Waals surface area contributed by atoms with Crippen molar-refractivity contribution in [3.8, 4) is 5.75 Å². The zero-order valence-electron chi connectivity index (χ0n) is 11.4. The molecule has 0 bridgehead atoms. The van der Waals surface area contributed by atoms with Crippen molar-refractivity contribution in [3.63, 3.8) is 0 Å². The molecule has 1 aromatic carbocycles. The molecule has 100 valence electrons. The molecule has 0 saturated carbocycles. The zero-order chi connectivity index (χ0) is 13.7. The Labute approximate surface area is 108 Å². The van der Waals surface area contributed by atoms with Gasteiger partial charge in [0.25, 0.3) is 0 Å². The van der Waals surface area contributed by atoms with E-state index in [1.165, 1.54) is 0 Å². The molecular weight excluding hydrogens is 230 g/mol. The molecule has 4 heteroatoms. The van der Waals surface area contributed by atoms with Gasteiger partial charge in [-0.25, -0.2) is 0 Å². The lowest BCUT2D eigenvalue weighted by Crippen LogP contribution is -2.37. The van der Waals surface area contributed by atoms with Crippen LogP contribution in [0.4, 0.5) is 0 Å². The number of nitrogens with zero attached hydrogens (tertiary/aromatic N) is 1. The summed E-state index contributed by atoms with van der Waals surface area (Å²) >= 11 is 0. The van der Waals surface area contributed by atoms with Crippen LogP contribution in [-0.2, 0) is 4.79 Å². The number of carboxylic acids is 1. The van der Waals surface area contributed by atoms with Gasteiger partial charge in [-0.05, 0) is 38.5 Å². The predicted octanol–water partition coefficient (Wildman–Crippen LogP) is 2.55. The summed E-state index contributed by atoms with van der Waals surface area (Å²) in [7, 11) is 1.63. The lowest BCUT2D eigenvalue weighted by Gasteiger charge is -2.31. The molecule has 0 aliphatic heterocycles. The summed E-state index contributed by atoms with van der Waals surface area (Å²) in [5.74, 6) is 0.00402. The van der Waals surface area contributed by atoms with Crippen LogP contribution in [0.25, 0.3) is 0 Å². The Morgan fingerprint density at radius 3 is 2.22 bits per heavy atom. The standard InChI is InChI=1S/C14H21NO3/c1-10(2)15(9-14(16)17)11(3)12-5-7-13(18-4)8-6-12/h5-8,10-11H,9H2,1-4H3,(H,16,17). The highest BCUT2D eigenvalue weighted by Crippen LogP contribution is 2.24. The van der Waals surface area contributed by atoms with Crippen LogP contribution in [0.15, 0.2) is 24.3 Å². The van der Waals surface area contributed by atoms with Crippen LogP contribution in [0.3, 0.4) is 0 Å². The quantitative estimate of drug-likeness (QED) is 0.844. The third kappa shape index (κ3) is 3.74. The van der Waals surface area contributed by atoms with Gasteiger partial charge in [0.05, 0.1) is 13.7 Å². The molecule has 0 aliphatic rings. The first kappa shape index (κ1) is 14.5. The molecule has 0 spiro atoms. The molecule has 1 aromatic rings. The van der Waals surface area contributed by atoms with Gasteiger partial charge in [-0.1, -0.05) is 12.1 Å². The molecule has 0 fully saturated rings. The second kappa shape index (κ2) is 6.40. The van der Waals surface area contributed by atoms with Gasteiger partial charge in [-0.2, -0.15) is 0 Å². The van der Waals surface area contributed by atoms with E-state index in [9.17, 15) is 4.79 Å². The fourth-order valence-corrected chi connectivity index (χ4v) is 2.00. The van der Waals surface area contributed by atoms with E-state index in [2.05, 4.69) is 0 Å². The SMILES string of the molecule is COc1ccc(C(C)N(CC(=O)O)C(C)C)cc1. The van der Waals surface area contributed by atoms with Gasteiger partial charge in [0.15, 0.2) is 0 Å². The summed E-state index contributed by atoms with van der Waals surface area (Å²) in [6.07, 6.45) is 0. The van der Waals surface area contributed by atoms with Crippen LogP contribution in [0.2, 0.25) is 0 Å². The molecule has 0 saturated heterocycles. The van der Waals surface area contributed by atoms with Crippen LogP contribution in [0, 0.1) is 0 Å². The molecule has 0 amide bonds. The molecule has 1 atom stereocenters. The van der Waals surface area contributed by atoms with Gasteiger partial charge >= 0.3 is 5.97 Å². The average molecular weight is 251 g/mol. The van der Waals surface area contributed by atoms with Crippen LogP contribution in [0.5, 0.6) is 5.75 Å². The first-order valence-corrected chi connectivity index (χ1v) is 6.07. The Hall–Kier alpha value is -1.55. The Morgan fingerprint density at radius 2 is 1.83 bits per heavy atom. The number of hydrogen-bond donors (Lipinski definition) is 1. The number of aliphatic carboxylic acids is 1. The van der Waals surface area contributed by atoms with Crippen molar-refractivity contribution in [2.24, 2.45) is 0 Å². The fraction of sp³-hybridized carbons (Fsp3) is 0.500. The third-order valence-corrected chi connectivity index (χ3v) is 3.08. The zero-order valence-corrected chi connectivity index (χ0v) is 11.4. The first-order valence-electron chi connectivity index (χ1n) is 6.07. The highest BCUT2D eigenvalue weighted by Gasteiger charge is 2.21.